The molecule has 8 heteroatoms. The average molecular weight is 394 g/mol. The van der Waals surface area contributed by atoms with Gasteiger partial charge < -0.3 is 10.3 Å². The molecule has 3 rings (SSSR count). The average Bonchev–Trinajstić information content (AvgIpc) is 2.99. The number of H-pyrrole nitrogens is 1. The highest BCUT2D eigenvalue weighted by atomic mass is 79.9. The Morgan fingerprint density at radius 3 is 2.83 bits per heavy atom. The van der Waals surface area contributed by atoms with Crippen LogP contribution in [0.4, 0.5) is 0 Å². The maximum atomic E-state index is 12.2. The molecule has 0 unspecified atom stereocenters. The van der Waals surface area contributed by atoms with E-state index in [4.69, 9.17) is 0 Å². The van der Waals surface area contributed by atoms with Crippen molar-refractivity contribution < 1.29 is 4.79 Å². The number of nitrogens with one attached hydrogen (secondary N) is 2. The predicted molar refractivity (Wildman–Crippen MR) is 93.2 cm³/mol. The molecule has 1 amide bonds. The second-order valence-electron chi connectivity index (χ2n) is 4.79. The fraction of sp³-hybridized carbons (Fsp3) is 0.133. The van der Waals surface area contributed by atoms with Gasteiger partial charge in [0.15, 0.2) is 0 Å². The SMILES string of the molecule is O=C(NCCn1c(=O)[nH]c2ccsc2c1=O)c1ccccc1Br. The summed E-state index contributed by atoms with van der Waals surface area (Å²) in [4.78, 5) is 38.9. The quantitative estimate of drug-likeness (QED) is 0.710. The standard InChI is InChI=1S/C15H12BrN3O3S/c16-10-4-2-1-3-9(10)13(20)17-6-7-19-14(21)12-11(5-8-23-12)18-15(19)22/h1-5,8H,6-7H2,(H,17,20)(H,18,22). The summed E-state index contributed by atoms with van der Waals surface area (Å²) in [5.74, 6) is -0.265. The van der Waals surface area contributed by atoms with E-state index in [0.717, 1.165) is 4.57 Å². The van der Waals surface area contributed by atoms with Crippen molar-refractivity contribution in [3.8, 4) is 0 Å². The summed E-state index contributed by atoms with van der Waals surface area (Å²) in [7, 11) is 0. The van der Waals surface area contributed by atoms with Gasteiger partial charge in [-0.3, -0.25) is 14.2 Å². The highest BCUT2D eigenvalue weighted by Crippen LogP contribution is 2.15. The first-order valence-electron chi connectivity index (χ1n) is 6.81. The van der Waals surface area contributed by atoms with Crippen LogP contribution in [-0.2, 0) is 6.54 Å². The minimum absolute atomic E-state index is 0.109. The number of carbonyl (C=O) groups excluding carboxylic acids is 1. The van der Waals surface area contributed by atoms with E-state index in [2.05, 4.69) is 26.2 Å². The Balaban J connectivity index is 1.74. The molecule has 0 aliphatic carbocycles. The van der Waals surface area contributed by atoms with Crippen LogP contribution in [0.15, 0.2) is 49.8 Å². The monoisotopic (exact) mass is 393 g/mol. The van der Waals surface area contributed by atoms with Gasteiger partial charge in [0.25, 0.3) is 11.5 Å². The van der Waals surface area contributed by atoms with Crippen molar-refractivity contribution in [3.63, 3.8) is 0 Å². The Hall–Kier alpha value is -2.19. The van der Waals surface area contributed by atoms with Crippen molar-refractivity contribution in [3.05, 3.63) is 66.6 Å². The molecule has 0 radical (unpaired) electrons. The minimum atomic E-state index is -0.476. The molecule has 3 aromatic rings. The van der Waals surface area contributed by atoms with Crippen molar-refractivity contribution in [2.45, 2.75) is 6.54 Å². The fourth-order valence-electron chi connectivity index (χ4n) is 2.20. The van der Waals surface area contributed by atoms with Gasteiger partial charge in [0, 0.05) is 17.6 Å². The van der Waals surface area contributed by atoms with Crippen LogP contribution in [0.1, 0.15) is 10.4 Å². The second-order valence-corrected chi connectivity index (χ2v) is 6.56. The normalized spacial score (nSPS) is 10.8. The molecule has 0 aliphatic heterocycles. The molecule has 2 heterocycles. The van der Waals surface area contributed by atoms with Gasteiger partial charge in [-0.2, -0.15) is 0 Å². The van der Waals surface area contributed by atoms with E-state index in [9.17, 15) is 14.4 Å². The predicted octanol–water partition coefficient (Wildman–Crippen LogP) is 1.94. The van der Waals surface area contributed by atoms with Gasteiger partial charge in [-0.1, -0.05) is 12.1 Å². The van der Waals surface area contributed by atoms with E-state index in [0.29, 0.717) is 20.3 Å². The molecule has 0 fully saturated rings. The number of fused-ring (bicyclic) bond motifs is 1. The van der Waals surface area contributed by atoms with Crippen molar-refractivity contribution >= 4 is 43.4 Å². The molecule has 2 aromatic heterocycles. The summed E-state index contributed by atoms with van der Waals surface area (Å²) in [6.45, 7) is 0.290. The third-order valence-electron chi connectivity index (χ3n) is 3.33. The maximum Gasteiger partial charge on any atom is 0.328 e. The smallest absolute Gasteiger partial charge is 0.328 e. The van der Waals surface area contributed by atoms with E-state index in [1.165, 1.54) is 11.3 Å². The van der Waals surface area contributed by atoms with Crippen LogP contribution in [-0.4, -0.2) is 22.0 Å². The lowest BCUT2D eigenvalue weighted by Crippen LogP contribution is -2.38. The van der Waals surface area contributed by atoms with Crippen molar-refractivity contribution in [1.82, 2.24) is 14.9 Å². The molecule has 6 nitrogen and oxygen atoms in total. The van der Waals surface area contributed by atoms with Crippen molar-refractivity contribution in [1.29, 1.82) is 0 Å². The van der Waals surface area contributed by atoms with E-state index in [1.54, 1.807) is 29.6 Å². The number of aromatic nitrogens is 2. The molecule has 1 aromatic carbocycles. The third-order valence-corrected chi connectivity index (χ3v) is 4.92. The number of benzene rings is 1. The lowest BCUT2D eigenvalue weighted by Gasteiger charge is -2.08. The minimum Gasteiger partial charge on any atom is -0.350 e. The van der Waals surface area contributed by atoms with Gasteiger partial charge in [-0.15, -0.1) is 11.3 Å². The summed E-state index contributed by atoms with van der Waals surface area (Å²) in [5, 5.41) is 4.46. The number of hydrogen-bond acceptors (Lipinski definition) is 4. The number of rotatable bonds is 4. The molecule has 0 saturated heterocycles. The summed E-state index contributed by atoms with van der Waals surface area (Å²) in [6.07, 6.45) is 0. The number of halogens is 1. The number of carbonyl (C=O) groups is 1. The van der Waals surface area contributed by atoms with Gasteiger partial charge in [-0.25, -0.2) is 4.79 Å². The Kier molecular flexibility index (Phi) is 4.44. The largest absolute Gasteiger partial charge is 0.350 e. The van der Waals surface area contributed by atoms with Crippen LogP contribution in [0.25, 0.3) is 10.2 Å². The molecule has 2 N–H and O–H groups in total. The molecule has 0 bridgehead atoms. The molecule has 0 spiro atoms. The van der Waals surface area contributed by atoms with Crippen molar-refractivity contribution in [2.75, 3.05) is 6.54 Å². The lowest BCUT2D eigenvalue weighted by atomic mass is 10.2. The number of nitrogens with zero attached hydrogens (tertiary/aromatic N) is 1. The number of amides is 1. The summed E-state index contributed by atoms with van der Waals surface area (Å²) in [6, 6.07) is 8.74. The van der Waals surface area contributed by atoms with Crippen LogP contribution >= 0.6 is 27.3 Å². The topological polar surface area (TPSA) is 84.0 Å². The van der Waals surface area contributed by atoms with Gasteiger partial charge in [0.2, 0.25) is 0 Å². The lowest BCUT2D eigenvalue weighted by molar-refractivity contribution is 0.0951. The Morgan fingerprint density at radius 1 is 1.26 bits per heavy atom. The molecule has 118 valence electrons. The maximum absolute atomic E-state index is 12.2. The van der Waals surface area contributed by atoms with Crippen LogP contribution in [0, 0.1) is 0 Å². The number of aromatic amines is 1. The first kappa shape index (κ1) is 15.7. The van der Waals surface area contributed by atoms with Crippen LogP contribution in [0.3, 0.4) is 0 Å². The van der Waals surface area contributed by atoms with Gasteiger partial charge in [-0.05, 0) is 39.5 Å². The third kappa shape index (κ3) is 3.13. The summed E-state index contributed by atoms with van der Waals surface area (Å²) >= 11 is 4.59. The molecular formula is C15H12BrN3O3S. The van der Waals surface area contributed by atoms with Gasteiger partial charge >= 0.3 is 5.69 Å². The summed E-state index contributed by atoms with van der Waals surface area (Å²) in [5.41, 5.74) is 0.228. The van der Waals surface area contributed by atoms with E-state index in [-0.39, 0.29) is 24.6 Å². The van der Waals surface area contributed by atoms with Gasteiger partial charge in [0.1, 0.15) is 4.70 Å². The molecule has 0 saturated carbocycles. The zero-order valence-electron chi connectivity index (χ0n) is 11.8. The van der Waals surface area contributed by atoms with Crippen LogP contribution in [0.2, 0.25) is 0 Å². The highest BCUT2D eigenvalue weighted by molar-refractivity contribution is 9.10. The first-order chi connectivity index (χ1) is 11.1. The van der Waals surface area contributed by atoms with Gasteiger partial charge in [0.05, 0.1) is 11.1 Å². The second kappa shape index (κ2) is 6.51. The number of hydrogen-bond donors (Lipinski definition) is 2. The zero-order chi connectivity index (χ0) is 16.4. The fourth-order valence-corrected chi connectivity index (χ4v) is 3.46. The Labute approximate surface area is 142 Å². The molecular weight excluding hydrogens is 382 g/mol. The van der Waals surface area contributed by atoms with Crippen molar-refractivity contribution in [2.24, 2.45) is 0 Å². The van der Waals surface area contributed by atoms with E-state index in [1.807, 2.05) is 6.07 Å². The Morgan fingerprint density at radius 2 is 2.04 bits per heavy atom. The Bertz CT molecular complexity index is 989. The van der Waals surface area contributed by atoms with Crippen LogP contribution in [0.5, 0.6) is 0 Å². The zero-order valence-corrected chi connectivity index (χ0v) is 14.2. The van der Waals surface area contributed by atoms with E-state index < -0.39 is 5.69 Å². The summed E-state index contributed by atoms with van der Waals surface area (Å²) < 4.78 is 2.29. The first-order valence-corrected chi connectivity index (χ1v) is 8.48. The van der Waals surface area contributed by atoms with E-state index >= 15 is 0 Å². The molecule has 23 heavy (non-hydrogen) atoms. The van der Waals surface area contributed by atoms with Crippen LogP contribution < -0.4 is 16.6 Å². The number of thiophene rings is 1. The highest BCUT2D eigenvalue weighted by Gasteiger charge is 2.11. The molecule has 0 atom stereocenters. The molecule has 0 aliphatic rings.